The first kappa shape index (κ1) is 24.9. The summed E-state index contributed by atoms with van der Waals surface area (Å²) >= 11 is 0. The second-order valence-corrected chi connectivity index (χ2v) is 9.80. The molecule has 0 radical (unpaired) electrons. The maximum Gasteiger partial charge on any atom is 0.335 e. The molecule has 1 aliphatic rings. The van der Waals surface area contributed by atoms with Crippen LogP contribution in [0.1, 0.15) is 46.8 Å². The highest BCUT2D eigenvalue weighted by Gasteiger charge is 2.33. The zero-order valence-corrected chi connectivity index (χ0v) is 20.7. The summed E-state index contributed by atoms with van der Waals surface area (Å²) in [6.45, 7) is 3.74. The molecule has 6 heteroatoms. The average Bonchev–Trinajstić information content (AvgIpc) is 2.91. The number of nitrogens with one attached hydrogen (secondary N) is 1. The zero-order chi connectivity index (χ0) is 25.9. The summed E-state index contributed by atoms with van der Waals surface area (Å²) in [7, 11) is 0. The van der Waals surface area contributed by atoms with Gasteiger partial charge in [-0.1, -0.05) is 72.8 Å². The number of aromatic carboxylic acids is 1. The van der Waals surface area contributed by atoms with Crippen molar-refractivity contribution < 1.29 is 18.7 Å². The fourth-order valence-electron chi connectivity index (χ4n) is 5.64. The molecule has 5 rings (SSSR count). The van der Waals surface area contributed by atoms with Crippen molar-refractivity contribution in [2.24, 2.45) is 5.92 Å². The zero-order valence-electron chi connectivity index (χ0n) is 20.7. The van der Waals surface area contributed by atoms with Gasteiger partial charge < -0.3 is 15.3 Å². The van der Waals surface area contributed by atoms with Crippen LogP contribution in [0.5, 0.6) is 0 Å². The highest BCUT2D eigenvalue weighted by molar-refractivity contribution is 5.88. The molecule has 4 aromatic carbocycles. The summed E-state index contributed by atoms with van der Waals surface area (Å²) in [4.78, 5) is 13.0. The molecule has 37 heavy (non-hydrogen) atoms. The van der Waals surface area contributed by atoms with Gasteiger partial charge in [-0.05, 0) is 59.2 Å². The fraction of sp³-hybridized carbons (Fsp3) is 0.258. The number of piperidine rings is 1. The van der Waals surface area contributed by atoms with E-state index in [1.807, 2.05) is 30.3 Å². The van der Waals surface area contributed by atoms with Crippen LogP contribution in [0, 0.1) is 17.6 Å². The Morgan fingerprint density at radius 3 is 2.41 bits per heavy atom. The highest BCUT2D eigenvalue weighted by Crippen LogP contribution is 2.37. The molecule has 0 amide bonds. The van der Waals surface area contributed by atoms with Gasteiger partial charge in [0, 0.05) is 25.7 Å². The van der Waals surface area contributed by atoms with Gasteiger partial charge in [-0.15, -0.1) is 0 Å². The van der Waals surface area contributed by atoms with Gasteiger partial charge in [0.05, 0.1) is 5.56 Å². The third-order valence-electron chi connectivity index (χ3n) is 7.52. The summed E-state index contributed by atoms with van der Waals surface area (Å²) in [5, 5.41) is 15.3. The lowest BCUT2D eigenvalue weighted by molar-refractivity contribution is 0.0695. The Balaban J connectivity index is 1.40. The Hall–Kier alpha value is -3.77. The molecule has 4 nitrogen and oxygen atoms in total. The van der Waals surface area contributed by atoms with E-state index < -0.39 is 17.6 Å². The summed E-state index contributed by atoms with van der Waals surface area (Å²) in [6.07, 6.45) is 0.735. The third-order valence-corrected chi connectivity index (χ3v) is 7.52. The van der Waals surface area contributed by atoms with E-state index in [9.17, 15) is 13.6 Å². The van der Waals surface area contributed by atoms with Gasteiger partial charge in [-0.2, -0.15) is 0 Å². The summed E-state index contributed by atoms with van der Waals surface area (Å²) in [5.74, 6) is -2.71. The van der Waals surface area contributed by atoms with E-state index in [0.717, 1.165) is 18.6 Å². The topological polar surface area (TPSA) is 52.6 Å². The number of rotatable bonds is 7. The fourth-order valence-corrected chi connectivity index (χ4v) is 5.64. The van der Waals surface area contributed by atoms with Gasteiger partial charge in [0.15, 0.2) is 0 Å². The number of halogens is 2. The number of fused-ring (bicyclic) bond motifs is 1. The SMILES string of the molecule is C[C@@H](NCC1CN(c2c(F)cc(C(=O)O)cc2F)CCC1c1ccccc1)c1cccc2ccccc12. The number of hydrogen-bond donors (Lipinski definition) is 2. The smallest absolute Gasteiger partial charge is 0.335 e. The molecular formula is C31H30F2N2O2. The van der Waals surface area contributed by atoms with E-state index in [4.69, 9.17) is 5.11 Å². The Kier molecular flexibility index (Phi) is 7.19. The first-order valence-corrected chi connectivity index (χ1v) is 12.7. The monoisotopic (exact) mass is 500 g/mol. The largest absolute Gasteiger partial charge is 0.478 e. The average molecular weight is 501 g/mol. The van der Waals surface area contributed by atoms with Gasteiger partial charge >= 0.3 is 5.97 Å². The van der Waals surface area contributed by atoms with E-state index in [0.29, 0.717) is 19.6 Å². The first-order chi connectivity index (χ1) is 17.9. The van der Waals surface area contributed by atoms with Crippen molar-refractivity contribution in [1.82, 2.24) is 5.32 Å². The van der Waals surface area contributed by atoms with E-state index in [-0.39, 0.29) is 29.1 Å². The number of carbonyl (C=O) groups is 1. The molecule has 1 heterocycles. The molecule has 4 aromatic rings. The highest BCUT2D eigenvalue weighted by atomic mass is 19.1. The lowest BCUT2D eigenvalue weighted by atomic mass is 9.80. The summed E-state index contributed by atoms with van der Waals surface area (Å²) in [6, 6.07) is 26.8. The summed E-state index contributed by atoms with van der Waals surface area (Å²) < 4.78 is 29.9. The number of carboxylic acid groups (broad SMARTS) is 1. The molecule has 0 bridgehead atoms. The Bertz CT molecular complexity index is 1380. The molecule has 3 atom stereocenters. The Labute approximate surface area is 215 Å². The molecule has 190 valence electrons. The minimum absolute atomic E-state index is 0.0845. The number of anilines is 1. The standard InChI is InChI=1S/C31H30F2N2O2/c1-20(25-13-7-11-22-10-5-6-12-27(22)25)34-18-24-19-35(15-14-26(24)21-8-3-2-4-9-21)30-28(32)16-23(31(36)37)17-29(30)33/h2-13,16-17,20,24,26,34H,14-15,18-19H2,1H3,(H,36,37)/t20-,24?,26?/m1/s1. The minimum atomic E-state index is -1.35. The lowest BCUT2D eigenvalue weighted by Crippen LogP contribution is -2.44. The minimum Gasteiger partial charge on any atom is -0.478 e. The van der Waals surface area contributed by atoms with Crippen molar-refractivity contribution in [2.75, 3.05) is 24.5 Å². The molecule has 0 aromatic heterocycles. The molecule has 2 unspecified atom stereocenters. The first-order valence-electron chi connectivity index (χ1n) is 12.7. The molecular weight excluding hydrogens is 470 g/mol. The Morgan fingerprint density at radius 2 is 1.68 bits per heavy atom. The van der Waals surface area contributed by atoms with Crippen LogP contribution in [-0.4, -0.2) is 30.7 Å². The predicted molar refractivity (Wildman–Crippen MR) is 143 cm³/mol. The van der Waals surface area contributed by atoms with Gasteiger partial charge in [-0.25, -0.2) is 13.6 Å². The molecule has 1 aliphatic heterocycles. The second-order valence-electron chi connectivity index (χ2n) is 9.80. The molecule has 0 spiro atoms. The maximum atomic E-state index is 14.9. The Morgan fingerprint density at radius 1 is 1.00 bits per heavy atom. The van der Waals surface area contributed by atoms with Crippen LogP contribution in [-0.2, 0) is 0 Å². The van der Waals surface area contributed by atoms with Crippen LogP contribution in [0.2, 0.25) is 0 Å². The summed E-state index contributed by atoms with van der Waals surface area (Å²) in [5.41, 5.74) is 1.89. The van der Waals surface area contributed by atoms with Crippen LogP contribution in [0.15, 0.2) is 84.9 Å². The van der Waals surface area contributed by atoms with Crippen molar-refractivity contribution in [3.05, 3.63) is 113 Å². The van der Waals surface area contributed by atoms with Crippen LogP contribution in [0.4, 0.5) is 14.5 Å². The van der Waals surface area contributed by atoms with Crippen LogP contribution in [0.25, 0.3) is 10.8 Å². The second kappa shape index (κ2) is 10.7. The van der Waals surface area contributed by atoms with Crippen LogP contribution >= 0.6 is 0 Å². The number of carboxylic acids is 1. The normalized spacial score (nSPS) is 18.6. The lowest BCUT2D eigenvalue weighted by Gasteiger charge is -2.41. The molecule has 2 N–H and O–H groups in total. The van der Waals surface area contributed by atoms with Crippen LogP contribution < -0.4 is 10.2 Å². The van der Waals surface area contributed by atoms with Crippen molar-refractivity contribution >= 4 is 22.4 Å². The van der Waals surface area contributed by atoms with E-state index >= 15 is 0 Å². The van der Waals surface area contributed by atoms with Gasteiger partial charge in [0.25, 0.3) is 0 Å². The maximum absolute atomic E-state index is 14.9. The van der Waals surface area contributed by atoms with Crippen molar-refractivity contribution in [3.63, 3.8) is 0 Å². The molecule has 1 saturated heterocycles. The van der Waals surface area contributed by atoms with E-state index in [1.54, 1.807) is 4.90 Å². The van der Waals surface area contributed by atoms with Crippen LogP contribution in [0.3, 0.4) is 0 Å². The third kappa shape index (κ3) is 5.20. The molecule has 0 aliphatic carbocycles. The quantitative estimate of drug-likeness (QED) is 0.294. The predicted octanol–water partition coefficient (Wildman–Crippen LogP) is 6.78. The molecule has 0 saturated carbocycles. The number of hydrogen-bond acceptors (Lipinski definition) is 3. The van der Waals surface area contributed by atoms with E-state index in [2.05, 4.69) is 54.7 Å². The van der Waals surface area contributed by atoms with E-state index in [1.165, 1.54) is 21.9 Å². The van der Waals surface area contributed by atoms with Crippen molar-refractivity contribution in [3.8, 4) is 0 Å². The number of benzene rings is 4. The van der Waals surface area contributed by atoms with Crippen molar-refractivity contribution in [2.45, 2.75) is 25.3 Å². The molecule has 1 fully saturated rings. The van der Waals surface area contributed by atoms with Gasteiger partial charge in [-0.3, -0.25) is 0 Å². The van der Waals surface area contributed by atoms with Gasteiger partial charge in [0.1, 0.15) is 17.3 Å². The number of nitrogens with zero attached hydrogens (tertiary/aromatic N) is 1. The van der Waals surface area contributed by atoms with Gasteiger partial charge in [0.2, 0.25) is 0 Å². The van der Waals surface area contributed by atoms with Crippen molar-refractivity contribution in [1.29, 1.82) is 0 Å².